The molecule has 24 heavy (non-hydrogen) atoms. The van der Waals surface area contributed by atoms with E-state index in [0.29, 0.717) is 13.2 Å². The average molecular weight is 332 g/mol. The van der Waals surface area contributed by atoms with Crippen LogP contribution in [-0.2, 0) is 30.4 Å². The Morgan fingerprint density at radius 2 is 1.75 bits per heavy atom. The Bertz CT molecular complexity index is 608. The van der Waals surface area contributed by atoms with Gasteiger partial charge < -0.3 is 14.2 Å². The molecule has 0 spiro atoms. The molecule has 1 fully saturated rings. The zero-order chi connectivity index (χ0) is 17.6. The fourth-order valence-corrected chi connectivity index (χ4v) is 2.38. The van der Waals surface area contributed by atoms with Gasteiger partial charge in [-0.3, -0.25) is 0 Å². The predicted octanol–water partition coefficient (Wildman–Crippen LogP) is 3.61. The molecule has 0 amide bonds. The van der Waals surface area contributed by atoms with Crippen LogP contribution in [-0.4, -0.2) is 24.3 Å². The van der Waals surface area contributed by atoms with Gasteiger partial charge >= 0.3 is 11.9 Å². The van der Waals surface area contributed by atoms with Crippen LogP contribution in [0.15, 0.2) is 29.8 Å². The lowest BCUT2D eigenvalue weighted by Crippen LogP contribution is -2.41. The standard InChI is InChI=1S/C19H24O5/c1-4-5-8-11-22-13-15-10-7-6-9-14(15)12-16-17(20)23-19(2,3)24-18(16)21/h6-7,9-10,12H,4-5,8,11,13H2,1-3H3. The highest BCUT2D eigenvalue weighted by Crippen LogP contribution is 2.25. The average Bonchev–Trinajstić information content (AvgIpc) is 2.51. The van der Waals surface area contributed by atoms with Crippen molar-refractivity contribution in [3.63, 3.8) is 0 Å². The lowest BCUT2D eigenvalue weighted by atomic mass is 10.0. The number of cyclic esters (lactones) is 2. The largest absolute Gasteiger partial charge is 0.419 e. The Labute approximate surface area is 142 Å². The second kappa shape index (κ2) is 8.11. The molecule has 0 aromatic heterocycles. The van der Waals surface area contributed by atoms with Crippen LogP contribution in [0.2, 0.25) is 0 Å². The molecule has 0 aliphatic carbocycles. The van der Waals surface area contributed by atoms with Gasteiger partial charge in [0.25, 0.3) is 5.79 Å². The molecule has 1 aliphatic rings. The van der Waals surface area contributed by atoms with Gasteiger partial charge in [0.05, 0.1) is 6.61 Å². The summed E-state index contributed by atoms with van der Waals surface area (Å²) in [6, 6.07) is 7.48. The minimum atomic E-state index is -1.23. The van der Waals surface area contributed by atoms with Crippen molar-refractivity contribution in [2.75, 3.05) is 6.61 Å². The van der Waals surface area contributed by atoms with Crippen molar-refractivity contribution in [1.82, 2.24) is 0 Å². The molecule has 1 aromatic carbocycles. The summed E-state index contributed by atoms with van der Waals surface area (Å²) in [5.74, 6) is -2.57. The number of hydrogen-bond acceptors (Lipinski definition) is 5. The second-order valence-electron chi connectivity index (χ2n) is 6.20. The van der Waals surface area contributed by atoms with Crippen LogP contribution in [0.5, 0.6) is 0 Å². The molecule has 130 valence electrons. The first-order valence-corrected chi connectivity index (χ1v) is 8.27. The van der Waals surface area contributed by atoms with Gasteiger partial charge in [-0.05, 0) is 23.6 Å². The van der Waals surface area contributed by atoms with Crippen molar-refractivity contribution < 1.29 is 23.8 Å². The van der Waals surface area contributed by atoms with Crippen LogP contribution in [0.25, 0.3) is 6.08 Å². The van der Waals surface area contributed by atoms with Crippen LogP contribution in [0, 0.1) is 0 Å². The molecule has 5 nitrogen and oxygen atoms in total. The third kappa shape index (κ3) is 4.93. The van der Waals surface area contributed by atoms with Gasteiger partial charge in [0.15, 0.2) is 0 Å². The first-order chi connectivity index (χ1) is 11.4. The van der Waals surface area contributed by atoms with Crippen molar-refractivity contribution >= 4 is 18.0 Å². The maximum Gasteiger partial charge on any atom is 0.348 e. The van der Waals surface area contributed by atoms with Crippen molar-refractivity contribution in [2.24, 2.45) is 0 Å². The molecule has 2 rings (SSSR count). The number of esters is 2. The van der Waals surface area contributed by atoms with Crippen LogP contribution in [0.3, 0.4) is 0 Å². The molecule has 0 unspecified atom stereocenters. The molecule has 0 saturated carbocycles. The quantitative estimate of drug-likeness (QED) is 0.330. The SMILES string of the molecule is CCCCCOCc1ccccc1C=C1C(=O)OC(C)(C)OC1=O. The Balaban J connectivity index is 2.11. The monoisotopic (exact) mass is 332 g/mol. The number of unbranched alkanes of at least 4 members (excludes halogenated alkanes) is 2. The summed E-state index contributed by atoms with van der Waals surface area (Å²) in [5, 5.41) is 0. The fourth-order valence-electron chi connectivity index (χ4n) is 2.38. The van der Waals surface area contributed by atoms with Gasteiger partial charge in [-0.1, -0.05) is 44.0 Å². The molecule has 0 atom stereocenters. The van der Waals surface area contributed by atoms with Crippen LogP contribution in [0.4, 0.5) is 0 Å². The van der Waals surface area contributed by atoms with Crippen LogP contribution < -0.4 is 0 Å². The molecule has 1 aromatic rings. The highest BCUT2D eigenvalue weighted by Gasteiger charge is 2.38. The van der Waals surface area contributed by atoms with E-state index in [1.807, 2.05) is 24.3 Å². The van der Waals surface area contributed by atoms with Crippen molar-refractivity contribution in [2.45, 2.75) is 52.4 Å². The lowest BCUT2D eigenvalue weighted by molar-refractivity contribution is -0.222. The molecular weight excluding hydrogens is 308 g/mol. The number of ether oxygens (including phenoxy) is 3. The summed E-state index contributed by atoms with van der Waals surface area (Å²) >= 11 is 0. The summed E-state index contributed by atoms with van der Waals surface area (Å²) in [6.45, 7) is 6.32. The van der Waals surface area contributed by atoms with Crippen LogP contribution in [0.1, 0.15) is 51.2 Å². The number of rotatable bonds is 7. The third-order valence-electron chi connectivity index (χ3n) is 3.62. The number of carbonyl (C=O) groups is 2. The zero-order valence-corrected chi connectivity index (χ0v) is 14.5. The van der Waals surface area contributed by atoms with E-state index in [-0.39, 0.29) is 5.57 Å². The molecule has 1 heterocycles. The molecule has 1 aliphatic heterocycles. The van der Waals surface area contributed by atoms with Gasteiger partial charge in [0.2, 0.25) is 0 Å². The number of carbonyl (C=O) groups excluding carboxylic acids is 2. The Kier molecular flexibility index (Phi) is 6.15. The Morgan fingerprint density at radius 3 is 2.42 bits per heavy atom. The normalized spacial score (nSPS) is 16.5. The molecule has 0 bridgehead atoms. The van der Waals surface area contributed by atoms with Crippen molar-refractivity contribution in [3.05, 3.63) is 41.0 Å². The molecule has 5 heteroatoms. The van der Waals surface area contributed by atoms with E-state index in [1.165, 1.54) is 19.9 Å². The first-order valence-electron chi connectivity index (χ1n) is 8.27. The van der Waals surface area contributed by atoms with E-state index in [9.17, 15) is 9.59 Å². The van der Waals surface area contributed by atoms with Crippen molar-refractivity contribution in [3.8, 4) is 0 Å². The van der Waals surface area contributed by atoms with E-state index in [2.05, 4.69) is 6.92 Å². The summed E-state index contributed by atoms with van der Waals surface area (Å²) in [5.41, 5.74) is 1.55. The summed E-state index contributed by atoms with van der Waals surface area (Å²) in [7, 11) is 0. The minimum absolute atomic E-state index is 0.104. The predicted molar refractivity (Wildman–Crippen MR) is 89.9 cm³/mol. The summed E-state index contributed by atoms with van der Waals surface area (Å²) in [6.07, 6.45) is 4.81. The van der Waals surface area contributed by atoms with Crippen molar-refractivity contribution in [1.29, 1.82) is 0 Å². The maximum atomic E-state index is 12.0. The van der Waals surface area contributed by atoms with Gasteiger partial charge in [-0.25, -0.2) is 9.59 Å². The zero-order valence-electron chi connectivity index (χ0n) is 14.5. The lowest BCUT2D eigenvalue weighted by Gasteiger charge is -2.29. The van der Waals surface area contributed by atoms with Gasteiger partial charge in [0, 0.05) is 20.5 Å². The topological polar surface area (TPSA) is 61.8 Å². The van der Waals surface area contributed by atoms with Gasteiger partial charge in [-0.15, -0.1) is 0 Å². The number of hydrogen-bond donors (Lipinski definition) is 0. The smallest absolute Gasteiger partial charge is 0.348 e. The molecule has 0 radical (unpaired) electrons. The van der Waals surface area contributed by atoms with Gasteiger partial charge in [-0.2, -0.15) is 0 Å². The third-order valence-corrected chi connectivity index (χ3v) is 3.62. The Morgan fingerprint density at radius 1 is 1.08 bits per heavy atom. The maximum absolute atomic E-state index is 12.0. The number of benzene rings is 1. The van der Waals surface area contributed by atoms with E-state index in [4.69, 9.17) is 14.2 Å². The second-order valence-corrected chi connectivity index (χ2v) is 6.20. The first kappa shape index (κ1) is 18.2. The molecule has 1 saturated heterocycles. The van der Waals surface area contributed by atoms with E-state index >= 15 is 0 Å². The molecule has 0 N–H and O–H groups in total. The highest BCUT2D eigenvalue weighted by atomic mass is 16.7. The summed E-state index contributed by atoms with van der Waals surface area (Å²) < 4.78 is 15.9. The summed E-state index contributed by atoms with van der Waals surface area (Å²) in [4.78, 5) is 24.1. The molecular formula is C19H24O5. The van der Waals surface area contributed by atoms with Gasteiger partial charge in [0.1, 0.15) is 5.57 Å². The van der Waals surface area contributed by atoms with E-state index < -0.39 is 17.7 Å². The minimum Gasteiger partial charge on any atom is -0.419 e. The van der Waals surface area contributed by atoms with E-state index in [1.54, 1.807) is 0 Å². The Hall–Kier alpha value is -2.14. The highest BCUT2D eigenvalue weighted by molar-refractivity contribution is 6.18. The fraction of sp³-hybridized carbons (Fsp3) is 0.474. The van der Waals surface area contributed by atoms with E-state index in [0.717, 1.165) is 30.4 Å². The van der Waals surface area contributed by atoms with Crippen LogP contribution >= 0.6 is 0 Å².